The number of nitrogens with two attached hydrogens (primary N) is 1. The van der Waals surface area contributed by atoms with Crippen molar-refractivity contribution in [3.05, 3.63) is 63.7 Å². The Morgan fingerprint density at radius 2 is 2.07 bits per heavy atom. The third kappa shape index (κ3) is 3.80. The number of nitriles is 1. The molecule has 4 N–H and O–H groups in total. The lowest BCUT2D eigenvalue weighted by atomic mass is 9.94. The SMILES string of the molecule is CC(Nc1ncnc(N)c1C#N)c1c(-c2ccccc2)n[nH]c(=O)c1CC1CC1. The van der Waals surface area contributed by atoms with Gasteiger partial charge in [0.2, 0.25) is 0 Å². The summed E-state index contributed by atoms with van der Waals surface area (Å²) in [5.41, 5.74) is 8.98. The molecule has 1 aromatic carbocycles. The van der Waals surface area contributed by atoms with E-state index in [4.69, 9.17) is 5.73 Å². The molecular weight excluding hydrogens is 366 g/mol. The predicted octanol–water partition coefficient (Wildman–Crippen LogP) is 2.81. The lowest BCUT2D eigenvalue weighted by molar-refractivity contribution is 0.757. The van der Waals surface area contributed by atoms with Gasteiger partial charge in [-0.3, -0.25) is 4.79 Å². The molecule has 2 heterocycles. The molecule has 1 unspecified atom stereocenters. The van der Waals surface area contributed by atoms with E-state index in [-0.39, 0.29) is 23.0 Å². The molecule has 0 spiro atoms. The molecule has 0 radical (unpaired) electrons. The second-order valence-electron chi connectivity index (χ2n) is 7.27. The van der Waals surface area contributed by atoms with Crippen LogP contribution in [0, 0.1) is 17.2 Å². The van der Waals surface area contributed by atoms with E-state index < -0.39 is 0 Å². The molecule has 1 atom stereocenters. The van der Waals surface area contributed by atoms with Gasteiger partial charge in [0.05, 0.1) is 11.7 Å². The van der Waals surface area contributed by atoms with Gasteiger partial charge >= 0.3 is 0 Å². The average Bonchev–Trinajstić information content (AvgIpc) is 3.54. The number of aromatic nitrogens is 4. The van der Waals surface area contributed by atoms with Crippen LogP contribution >= 0.6 is 0 Å². The summed E-state index contributed by atoms with van der Waals surface area (Å²) < 4.78 is 0. The molecule has 146 valence electrons. The van der Waals surface area contributed by atoms with Crippen LogP contribution in [0.3, 0.4) is 0 Å². The van der Waals surface area contributed by atoms with Gasteiger partial charge < -0.3 is 11.1 Å². The highest BCUT2D eigenvalue weighted by molar-refractivity contribution is 5.67. The highest BCUT2D eigenvalue weighted by Gasteiger charge is 2.28. The maximum Gasteiger partial charge on any atom is 0.267 e. The van der Waals surface area contributed by atoms with Crippen LogP contribution in [0.5, 0.6) is 0 Å². The van der Waals surface area contributed by atoms with Crippen LogP contribution < -0.4 is 16.6 Å². The molecule has 0 bridgehead atoms. The molecule has 1 aliphatic rings. The Morgan fingerprint density at radius 1 is 1.31 bits per heavy atom. The molecule has 2 aromatic heterocycles. The van der Waals surface area contributed by atoms with Crippen molar-refractivity contribution in [3.63, 3.8) is 0 Å². The highest BCUT2D eigenvalue weighted by Crippen LogP contribution is 2.36. The lowest BCUT2D eigenvalue weighted by Gasteiger charge is -2.21. The predicted molar refractivity (Wildman–Crippen MR) is 110 cm³/mol. The summed E-state index contributed by atoms with van der Waals surface area (Å²) in [6, 6.07) is 11.4. The number of anilines is 2. The van der Waals surface area contributed by atoms with Crippen LogP contribution in [-0.2, 0) is 6.42 Å². The van der Waals surface area contributed by atoms with E-state index in [1.807, 2.05) is 43.3 Å². The van der Waals surface area contributed by atoms with E-state index in [2.05, 4.69) is 25.5 Å². The molecule has 0 amide bonds. The lowest BCUT2D eigenvalue weighted by Crippen LogP contribution is -2.23. The minimum Gasteiger partial charge on any atom is -0.382 e. The number of nitrogens with one attached hydrogen (secondary N) is 2. The topological polar surface area (TPSA) is 133 Å². The first-order valence-electron chi connectivity index (χ1n) is 9.52. The summed E-state index contributed by atoms with van der Waals surface area (Å²) in [6.45, 7) is 1.93. The number of hydrogen-bond acceptors (Lipinski definition) is 7. The molecule has 1 saturated carbocycles. The molecule has 1 aliphatic carbocycles. The fourth-order valence-electron chi connectivity index (χ4n) is 3.49. The first-order chi connectivity index (χ1) is 14.1. The number of benzene rings is 1. The average molecular weight is 387 g/mol. The minimum atomic E-state index is -0.324. The maximum absolute atomic E-state index is 12.7. The second-order valence-corrected chi connectivity index (χ2v) is 7.27. The summed E-state index contributed by atoms with van der Waals surface area (Å²) in [7, 11) is 0. The van der Waals surface area contributed by atoms with Crippen molar-refractivity contribution < 1.29 is 0 Å². The zero-order valence-electron chi connectivity index (χ0n) is 16.0. The summed E-state index contributed by atoms with van der Waals surface area (Å²) in [5.74, 6) is 0.976. The number of aromatic amines is 1. The molecule has 1 fully saturated rings. The molecule has 8 heteroatoms. The van der Waals surface area contributed by atoms with Gasteiger partial charge in [0.15, 0.2) is 0 Å². The Kier molecular flexibility index (Phi) is 4.96. The van der Waals surface area contributed by atoms with E-state index in [1.165, 1.54) is 6.33 Å². The fourth-order valence-corrected chi connectivity index (χ4v) is 3.49. The van der Waals surface area contributed by atoms with Gasteiger partial charge in [-0.05, 0) is 32.1 Å². The van der Waals surface area contributed by atoms with E-state index >= 15 is 0 Å². The standard InChI is InChI=1S/C21H21N7O/c1-12(26-20-16(10-22)19(23)24-11-25-20)17-15(9-13-7-8-13)21(29)28-27-18(17)14-5-3-2-4-6-14/h2-6,11-13H,7-9H2,1H3,(H,28,29)(H3,23,24,25,26). The third-order valence-electron chi connectivity index (χ3n) is 5.14. The van der Waals surface area contributed by atoms with Crippen molar-refractivity contribution in [1.82, 2.24) is 20.2 Å². The highest BCUT2D eigenvalue weighted by atomic mass is 16.1. The summed E-state index contributed by atoms with van der Waals surface area (Å²) in [4.78, 5) is 20.7. The van der Waals surface area contributed by atoms with Crippen LogP contribution in [0.2, 0.25) is 0 Å². The van der Waals surface area contributed by atoms with Crippen molar-refractivity contribution in [2.75, 3.05) is 11.1 Å². The van der Waals surface area contributed by atoms with Gasteiger partial charge in [-0.25, -0.2) is 15.1 Å². The van der Waals surface area contributed by atoms with Crippen LogP contribution in [0.25, 0.3) is 11.3 Å². The van der Waals surface area contributed by atoms with Gasteiger partial charge in [0.1, 0.15) is 29.6 Å². The number of nitrogens with zero attached hydrogens (tertiary/aromatic N) is 4. The molecule has 0 aliphatic heterocycles. The Hall–Kier alpha value is -3.73. The van der Waals surface area contributed by atoms with Crippen molar-refractivity contribution in [2.45, 2.75) is 32.2 Å². The third-order valence-corrected chi connectivity index (χ3v) is 5.14. The number of rotatable bonds is 6. The van der Waals surface area contributed by atoms with Crippen LogP contribution in [0.15, 0.2) is 41.5 Å². The van der Waals surface area contributed by atoms with Crippen molar-refractivity contribution in [2.24, 2.45) is 5.92 Å². The molecule has 3 aromatic rings. The summed E-state index contributed by atoms with van der Waals surface area (Å²) in [5, 5.41) is 19.7. The van der Waals surface area contributed by atoms with E-state index in [0.29, 0.717) is 23.9 Å². The Balaban J connectivity index is 1.82. The largest absolute Gasteiger partial charge is 0.382 e. The first-order valence-corrected chi connectivity index (χ1v) is 9.52. The Morgan fingerprint density at radius 3 is 2.76 bits per heavy atom. The van der Waals surface area contributed by atoms with Crippen LogP contribution in [0.4, 0.5) is 11.6 Å². The van der Waals surface area contributed by atoms with Gasteiger partial charge in [-0.2, -0.15) is 10.4 Å². The molecule has 4 rings (SSSR count). The van der Waals surface area contributed by atoms with Gasteiger partial charge in [-0.15, -0.1) is 0 Å². The van der Waals surface area contributed by atoms with Crippen molar-refractivity contribution in [3.8, 4) is 17.3 Å². The Bertz CT molecular complexity index is 1130. The van der Waals surface area contributed by atoms with Crippen molar-refractivity contribution >= 4 is 11.6 Å². The normalized spacial score (nSPS) is 14.2. The van der Waals surface area contributed by atoms with Gasteiger partial charge in [-0.1, -0.05) is 30.3 Å². The number of H-pyrrole nitrogens is 1. The van der Waals surface area contributed by atoms with Crippen LogP contribution in [-0.4, -0.2) is 20.2 Å². The summed E-state index contributed by atoms with van der Waals surface area (Å²) >= 11 is 0. The molecule has 0 saturated heterocycles. The van der Waals surface area contributed by atoms with Crippen molar-refractivity contribution in [1.29, 1.82) is 5.26 Å². The molecular formula is C21H21N7O. The van der Waals surface area contributed by atoms with Gasteiger partial charge in [0.25, 0.3) is 5.56 Å². The first kappa shape index (κ1) is 18.6. The van der Waals surface area contributed by atoms with E-state index in [1.54, 1.807) is 0 Å². The summed E-state index contributed by atoms with van der Waals surface area (Å²) in [6.07, 6.45) is 4.27. The minimum absolute atomic E-state index is 0.114. The van der Waals surface area contributed by atoms with Gasteiger partial charge in [0, 0.05) is 16.7 Å². The zero-order valence-corrected chi connectivity index (χ0v) is 16.0. The number of hydrogen-bond donors (Lipinski definition) is 3. The van der Waals surface area contributed by atoms with Crippen LogP contribution in [0.1, 0.15) is 42.5 Å². The van der Waals surface area contributed by atoms with E-state index in [9.17, 15) is 10.1 Å². The fraction of sp³-hybridized carbons (Fsp3) is 0.286. The van der Waals surface area contributed by atoms with E-state index in [0.717, 1.165) is 29.5 Å². The monoisotopic (exact) mass is 387 g/mol. The zero-order chi connectivity index (χ0) is 20.4. The Labute approximate surface area is 167 Å². The molecule has 8 nitrogen and oxygen atoms in total. The quantitative estimate of drug-likeness (QED) is 0.592. The smallest absolute Gasteiger partial charge is 0.267 e. The maximum atomic E-state index is 12.7. The number of nitrogen functional groups attached to an aromatic ring is 1. The second kappa shape index (κ2) is 7.72. The molecule has 29 heavy (non-hydrogen) atoms.